The van der Waals surface area contributed by atoms with Gasteiger partial charge in [-0.05, 0) is 49.9 Å². The van der Waals surface area contributed by atoms with Crippen LogP contribution in [0.4, 0.5) is 11.8 Å². The van der Waals surface area contributed by atoms with E-state index < -0.39 is 0 Å². The minimum absolute atomic E-state index is 0.455. The van der Waals surface area contributed by atoms with Crippen molar-refractivity contribution in [2.24, 2.45) is 0 Å². The number of imidazole rings is 1. The Morgan fingerprint density at radius 1 is 0.957 bits per heavy atom. The van der Waals surface area contributed by atoms with Crippen LogP contribution in [0.3, 0.4) is 0 Å². The number of nitrogens with two attached hydrogens (primary N) is 1. The number of fused-ring (bicyclic) bond motifs is 1. The molecule has 1 saturated heterocycles. The van der Waals surface area contributed by atoms with Gasteiger partial charge in [-0.15, -0.1) is 0 Å². The molecule has 2 aromatic heterocycles. The molecule has 1 aliphatic rings. The van der Waals surface area contributed by atoms with Crippen molar-refractivity contribution in [3.05, 3.63) is 35.7 Å². The topological polar surface area (TPSA) is 72.9 Å². The minimum Gasteiger partial charge on any atom is -0.369 e. The van der Waals surface area contributed by atoms with E-state index in [-0.39, 0.29) is 0 Å². The third-order valence-electron chi connectivity index (χ3n) is 4.59. The first-order valence-electron chi connectivity index (χ1n) is 7.96. The van der Waals surface area contributed by atoms with Gasteiger partial charge in [0.1, 0.15) is 18.0 Å². The van der Waals surface area contributed by atoms with Crippen LogP contribution in [-0.4, -0.2) is 32.6 Å². The second-order valence-electron chi connectivity index (χ2n) is 6.16. The van der Waals surface area contributed by atoms with Crippen LogP contribution in [0.2, 0.25) is 0 Å². The molecule has 6 heteroatoms. The molecule has 118 valence electrons. The standard InChI is InChI=1S/C17H20N6/c1-11-7-13-14(8-12(11)2)23(17(18)21-13)16-9-15(19-10-20-16)22-5-3-4-6-22/h7-10H,3-6H2,1-2H3,(H2,18,21). The highest BCUT2D eigenvalue weighted by Gasteiger charge is 2.17. The van der Waals surface area contributed by atoms with Gasteiger partial charge in [0.2, 0.25) is 5.95 Å². The van der Waals surface area contributed by atoms with E-state index in [0.717, 1.165) is 35.8 Å². The molecule has 3 heterocycles. The zero-order valence-electron chi connectivity index (χ0n) is 13.5. The molecule has 0 saturated carbocycles. The van der Waals surface area contributed by atoms with E-state index in [9.17, 15) is 0 Å². The number of anilines is 2. The van der Waals surface area contributed by atoms with Gasteiger partial charge in [-0.2, -0.15) is 0 Å². The number of nitrogens with zero attached hydrogens (tertiary/aromatic N) is 5. The quantitative estimate of drug-likeness (QED) is 0.788. The van der Waals surface area contributed by atoms with Crippen molar-refractivity contribution < 1.29 is 0 Å². The Labute approximate surface area is 135 Å². The smallest absolute Gasteiger partial charge is 0.207 e. The van der Waals surface area contributed by atoms with Crippen molar-refractivity contribution in [2.75, 3.05) is 23.7 Å². The fraction of sp³-hybridized carbons (Fsp3) is 0.353. The molecule has 3 aromatic rings. The van der Waals surface area contributed by atoms with Gasteiger partial charge in [0.05, 0.1) is 11.0 Å². The molecule has 23 heavy (non-hydrogen) atoms. The highest BCUT2D eigenvalue weighted by atomic mass is 15.2. The molecule has 6 nitrogen and oxygen atoms in total. The molecule has 1 fully saturated rings. The van der Waals surface area contributed by atoms with Crippen LogP contribution in [0.15, 0.2) is 24.5 Å². The average Bonchev–Trinajstić information content (AvgIpc) is 3.16. The molecule has 4 rings (SSSR count). The molecule has 0 unspecified atom stereocenters. The Kier molecular flexibility index (Phi) is 3.18. The lowest BCUT2D eigenvalue weighted by atomic mass is 10.1. The summed E-state index contributed by atoms with van der Waals surface area (Å²) in [4.78, 5) is 15.6. The molecule has 0 atom stereocenters. The second-order valence-corrected chi connectivity index (χ2v) is 6.16. The predicted octanol–water partition coefficient (Wildman–Crippen LogP) is 2.61. The van der Waals surface area contributed by atoms with Crippen LogP contribution in [0.1, 0.15) is 24.0 Å². The number of aromatic nitrogens is 4. The lowest BCUT2D eigenvalue weighted by molar-refractivity contribution is 0.912. The van der Waals surface area contributed by atoms with Crippen molar-refractivity contribution in [1.82, 2.24) is 19.5 Å². The third-order valence-corrected chi connectivity index (χ3v) is 4.59. The van der Waals surface area contributed by atoms with Gasteiger partial charge in [-0.25, -0.2) is 15.0 Å². The molecule has 0 aliphatic carbocycles. The normalized spacial score (nSPS) is 14.8. The van der Waals surface area contributed by atoms with Crippen LogP contribution < -0.4 is 10.6 Å². The Hall–Kier alpha value is -2.63. The molecular formula is C17H20N6. The van der Waals surface area contributed by atoms with Gasteiger partial charge < -0.3 is 10.6 Å². The molecule has 1 aromatic carbocycles. The zero-order valence-corrected chi connectivity index (χ0v) is 13.5. The highest BCUT2D eigenvalue weighted by molar-refractivity contribution is 5.82. The first-order valence-corrected chi connectivity index (χ1v) is 7.96. The fourth-order valence-corrected chi connectivity index (χ4v) is 3.17. The van der Waals surface area contributed by atoms with Gasteiger partial charge in [0, 0.05) is 19.2 Å². The Bertz CT molecular complexity index is 876. The van der Waals surface area contributed by atoms with E-state index >= 15 is 0 Å². The van der Waals surface area contributed by atoms with E-state index in [1.165, 1.54) is 24.0 Å². The number of nitrogen functional groups attached to an aromatic ring is 1. The Balaban J connectivity index is 1.87. The fourth-order valence-electron chi connectivity index (χ4n) is 3.17. The lowest BCUT2D eigenvalue weighted by Crippen LogP contribution is -2.19. The summed E-state index contributed by atoms with van der Waals surface area (Å²) in [5, 5.41) is 0. The maximum absolute atomic E-state index is 6.17. The first kappa shape index (κ1) is 14.0. The number of rotatable bonds is 2. The van der Waals surface area contributed by atoms with Crippen LogP contribution >= 0.6 is 0 Å². The van der Waals surface area contributed by atoms with Crippen molar-refractivity contribution in [3.8, 4) is 5.82 Å². The molecule has 0 radical (unpaired) electrons. The Morgan fingerprint density at radius 2 is 1.65 bits per heavy atom. The average molecular weight is 308 g/mol. The summed E-state index contributed by atoms with van der Waals surface area (Å²) in [7, 11) is 0. The lowest BCUT2D eigenvalue weighted by Gasteiger charge is -2.17. The molecule has 0 spiro atoms. The van der Waals surface area contributed by atoms with Crippen LogP contribution in [-0.2, 0) is 0 Å². The second kappa shape index (κ2) is 5.22. The van der Waals surface area contributed by atoms with E-state index in [2.05, 4.69) is 45.8 Å². The summed E-state index contributed by atoms with van der Waals surface area (Å²) < 4.78 is 1.91. The molecule has 0 bridgehead atoms. The number of hydrogen-bond acceptors (Lipinski definition) is 5. The van der Waals surface area contributed by atoms with E-state index in [4.69, 9.17) is 5.73 Å². The molecular weight excluding hydrogens is 288 g/mol. The van der Waals surface area contributed by atoms with Crippen molar-refractivity contribution in [3.63, 3.8) is 0 Å². The Morgan fingerprint density at radius 3 is 2.43 bits per heavy atom. The van der Waals surface area contributed by atoms with Gasteiger partial charge in [-0.3, -0.25) is 4.57 Å². The van der Waals surface area contributed by atoms with Gasteiger partial charge in [-0.1, -0.05) is 0 Å². The van der Waals surface area contributed by atoms with Crippen LogP contribution in [0, 0.1) is 13.8 Å². The van der Waals surface area contributed by atoms with E-state index in [0.29, 0.717) is 5.95 Å². The first-order chi connectivity index (χ1) is 11.1. The van der Waals surface area contributed by atoms with Gasteiger partial charge in [0.25, 0.3) is 0 Å². The summed E-state index contributed by atoms with van der Waals surface area (Å²) in [5.41, 5.74) is 10.5. The minimum atomic E-state index is 0.455. The summed E-state index contributed by atoms with van der Waals surface area (Å²) in [6.07, 6.45) is 4.04. The van der Waals surface area contributed by atoms with Gasteiger partial charge in [0.15, 0.2) is 0 Å². The summed E-state index contributed by atoms with van der Waals surface area (Å²) in [6.45, 7) is 6.28. The SMILES string of the molecule is Cc1cc2nc(N)n(-c3cc(N4CCCC4)ncn3)c2cc1C. The number of benzene rings is 1. The number of hydrogen-bond donors (Lipinski definition) is 1. The summed E-state index contributed by atoms with van der Waals surface area (Å²) in [6, 6.07) is 6.18. The maximum Gasteiger partial charge on any atom is 0.207 e. The monoisotopic (exact) mass is 308 g/mol. The van der Waals surface area contributed by atoms with Crippen LogP contribution in [0.25, 0.3) is 16.9 Å². The zero-order chi connectivity index (χ0) is 16.0. The van der Waals surface area contributed by atoms with Gasteiger partial charge >= 0.3 is 0 Å². The van der Waals surface area contributed by atoms with Crippen molar-refractivity contribution >= 4 is 22.8 Å². The molecule has 0 amide bonds. The van der Waals surface area contributed by atoms with E-state index in [1.54, 1.807) is 6.33 Å². The van der Waals surface area contributed by atoms with Crippen LogP contribution in [0.5, 0.6) is 0 Å². The summed E-state index contributed by atoms with van der Waals surface area (Å²) in [5.74, 6) is 2.18. The molecule has 2 N–H and O–H groups in total. The molecule has 1 aliphatic heterocycles. The number of aryl methyl sites for hydroxylation is 2. The van der Waals surface area contributed by atoms with Crippen molar-refractivity contribution in [2.45, 2.75) is 26.7 Å². The van der Waals surface area contributed by atoms with Crippen molar-refractivity contribution in [1.29, 1.82) is 0 Å². The summed E-state index contributed by atoms with van der Waals surface area (Å²) >= 11 is 0. The van der Waals surface area contributed by atoms with E-state index in [1.807, 2.05) is 10.6 Å². The largest absolute Gasteiger partial charge is 0.369 e. The third kappa shape index (κ3) is 2.30. The predicted molar refractivity (Wildman–Crippen MR) is 92.0 cm³/mol. The maximum atomic E-state index is 6.17. The highest BCUT2D eigenvalue weighted by Crippen LogP contribution is 2.26.